The van der Waals surface area contributed by atoms with Gasteiger partial charge in [0.25, 0.3) is 5.91 Å². The van der Waals surface area contributed by atoms with Crippen molar-refractivity contribution in [1.82, 2.24) is 19.9 Å². The monoisotopic (exact) mass is 255 g/mol. The Morgan fingerprint density at radius 1 is 1.71 bits per heavy atom. The summed E-state index contributed by atoms with van der Waals surface area (Å²) >= 11 is 1.90. The van der Waals surface area contributed by atoms with Gasteiger partial charge in [0.15, 0.2) is 5.69 Å². The molecule has 94 valence electrons. The molecule has 1 atom stereocenters. The van der Waals surface area contributed by atoms with Crippen molar-refractivity contribution in [2.24, 2.45) is 5.73 Å². The lowest BCUT2D eigenvalue weighted by atomic mass is 10.3. The third-order valence-electron chi connectivity index (χ3n) is 2.64. The van der Waals surface area contributed by atoms with Gasteiger partial charge in [-0.3, -0.25) is 9.48 Å². The lowest BCUT2D eigenvalue weighted by molar-refractivity contribution is 0.0757. The predicted octanol–water partition coefficient (Wildman–Crippen LogP) is -0.186. The molecule has 0 radical (unpaired) electrons. The summed E-state index contributed by atoms with van der Waals surface area (Å²) in [5.74, 6) is 0.963. The molecule has 0 aliphatic carbocycles. The van der Waals surface area contributed by atoms with Gasteiger partial charge < -0.3 is 10.6 Å². The SMILES string of the molecule is CC1CN(C(=O)c2cn(CCN)nn2)CCS1. The zero-order valence-corrected chi connectivity index (χ0v) is 10.7. The van der Waals surface area contributed by atoms with E-state index < -0.39 is 0 Å². The Labute approximate surface area is 105 Å². The zero-order chi connectivity index (χ0) is 12.3. The van der Waals surface area contributed by atoms with Gasteiger partial charge in [0.2, 0.25) is 0 Å². The molecule has 1 aliphatic rings. The van der Waals surface area contributed by atoms with Gasteiger partial charge in [0, 0.05) is 30.6 Å². The summed E-state index contributed by atoms with van der Waals surface area (Å²) in [4.78, 5) is 14.0. The van der Waals surface area contributed by atoms with Gasteiger partial charge in [-0.2, -0.15) is 11.8 Å². The molecular weight excluding hydrogens is 238 g/mol. The number of carbonyl (C=O) groups excluding carboxylic acids is 1. The molecular formula is C10H17N5OS. The Balaban J connectivity index is 2.02. The molecule has 2 heterocycles. The fraction of sp³-hybridized carbons (Fsp3) is 0.700. The maximum atomic E-state index is 12.1. The number of aromatic nitrogens is 3. The lowest BCUT2D eigenvalue weighted by Crippen LogP contribution is -2.41. The molecule has 2 N–H and O–H groups in total. The maximum Gasteiger partial charge on any atom is 0.276 e. The minimum Gasteiger partial charge on any atom is -0.335 e. The minimum atomic E-state index is -0.0274. The average molecular weight is 255 g/mol. The molecule has 1 saturated heterocycles. The van der Waals surface area contributed by atoms with E-state index in [0.717, 1.165) is 18.8 Å². The average Bonchev–Trinajstić information content (AvgIpc) is 2.77. The van der Waals surface area contributed by atoms with Gasteiger partial charge in [0.05, 0.1) is 12.7 Å². The number of carbonyl (C=O) groups is 1. The van der Waals surface area contributed by atoms with Crippen molar-refractivity contribution in [3.8, 4) is 0 Å². The normalized spacial score (nSPS) is 20.6. The van der Waals surface area contributed by atoms with Gasteiger partial charge >= 0.3 is 0 Å². The van der Waals surface area contributed by atoms with Crippen LogP contribution in [0.1, 0.15) is 17.4 Å². The second kappa shape index (κ2) is 5.50. The molecule has 7 heteroatoms. The summed E-state index contributed by atoms with van der Waals surface area (Å²) in [5, 5.41) is 8.26. The summed E-state index contributed by atoms with van der Waals surface area (Å²) in [7, 11) is 0. The van der Waals surface area contributed by atoms with Crippen molar-refractivity contribution in [2.45, 2.75) is 18.7 Å². The summed E-state index contributed by atoms with van der Waals surface area (Å²) in [6, 6.07) is 0. The van der Waals surface area contributed by atoms with Gasteiger partial charge in [0.1, 0.15) is 0 Å². The molecule has 0 saturated carbocycles. The molecule has 0 spiro atoms. The van der Waals surface area contributed by atoms with Crippen LogP contribution in [0.25, 0.3) is 0 Å². The van der Waals surface area contributed by atoms with E-state index in [9.17, 15) is 4.79 Å². The summed E-state index contributed by atoms with van der Waals surface area (Å²) < 4.78 is 1.61. The standard InChI is InChI=1S/C10H17N5OS/c1-8-6-14(4-5-17-8)10(16)9-7-15(3-2-11)13-12-9/h7-8H,2-6,11H2,1H3. The molecule has 17 heavy (non-hydrogen) atoms. The number of hydrogen-bond acceptors (Lipinski definition) is 5. The van der Waals surface area contributed by atoms with E-state index in [0.29, 0.717) is 24.0 Å². The largest absolute Gasteiger partial charge is 0.335 e. The van der Waals surface area contributed by atoms with Crippen molar-refractivity contribution in [2.75, 3.05) is 25.4 Å². The van der Waals surface area contributed by atoms with Crippen molar-refractivity contribution in [3.05, 3.63) is 11.9 Å². The summed E-state index contributed by atoms with van der Waals surface area (Å²) in [5.41, 5.74) is 5.83. The fourth-order valence-corrected chi connectivity index (χ4v) is 2.82. The second-order valence-corrected chi connectivity index (χ2v) is 5.63. The van der Waals surface area contributed by atoms with Gasteiger partial charge in [-0.1, -0.05) is 12.1 Å². The van der Waals surface area contributed by atoms with E-state index in [-0.39, 0.29) is 5.91 Å². The number of amides is 1. The number of rotatable bonds is 3. The van der Waals surface area contributed by atoms with Crippen LogP contribution in [0.2, 0.25) is 0 Å². The Morgan fingerprint density at radius 2 is 2.53 bits per heavy atom. The van der Waals surface area contributed by atoms with Crippen LogP contribution in [0.3, 0.4) is 0 Å². The first kappa shape index (κ1) is 12.4. The highest BCUT2D eigenvalue weighted by molar-refractivity contribution is 7.99. The van der Waals surface area contributed by atoms with Crippen LogP contribution in [-0.4, -0.2) is 56.4 Å². The third kappa shape index (κ3) is 2.98. The van der Waals surface area contributed by atoms with E-state index in [1.54, 1.807) is 10.9 Å². The smallest absolute Gasteiger partial charge is 0.276 e. The van der Waals surface area contributed by atoms with Crippen LogP contribution >= 0.6 is 11.8 Å². The molecule has 1 aliphatic heterocycles. The van der Waals surface area contributed by atoms with Crippen LogP contribution in [0, 0.1) is 0 Å². The van der Waals surface area contributed by atoms with E-state index in [4.69, 9.17) is 5.73 Å². The lowest BCUT2D eigenvalue weighted by Gasteiger charge is -2.29. The van der Waals surface area contributed by atoms with E-state index in [1.165, 1.54) is 0 Å². The van der Waals surface area contributed by atoms with Crippen molar-refractivity contribution >= 4 is 17.7 Å². The first-order valence-electron chi connectivity index (χ1n) is 5.72. The minimum absolute atomic E-state index is 0.0274. The Morgan fingerprint density at radius 3 is 3.24 bits per heavy atom. The highest BCUT2D eigenvalue weighted by atomic mass is 32.2. The van der Waals surface area contributed by atoms with Crippen LogP contribution in [0.15, 0.2) is 6.20 Å². The Hall–Kier alpha value is -1.08. The molecule has 2 rings (SSSR count). The molecule has 1 fully saturated rings. The van der Waals surface area contributed by atoms with E-state index in [1.807, 2.05) is 16.7 Å². The third-order valence-corrected chi connectivity index (χ3v) is 3.78. The summed E-state index contributed by atoms with van der Waals surface area (Å²) in [6.07, 6.45) is 1.67. The van der Waals surface area contributed by atoms with Gasteiger partial charge in [-0.15, -0.1) is 5.10 Å². The molecule has 0 bridgehead atoms. The predicted molar refractivity (Wildman–Crippen MR) is 66.9 cm³/mol. The topological polar surface area (TPSA) is 77.0 Å². The van der Waals surface area contributed by atoms with E-state index >= 15 is 0 Å². The maximum absolute atomic E-state index is 12.1. The van der Waals surface area contributed by atoms with Gasteiger partial charge in [-0.25, -0.2) is 0 Å². The number of nitrogens with two attached hydrogens (primary N) is 1. The molecule has 1 aromatic heterocycles. The highest BCUT2D eigenvalue weighted by Crippen LogP contribution is 2.18. The fourth-order valence-electron chi connectivity index (χ4n) is 1.80. The Bertz CT molecular complexity index is 394. The van der Waals surface area contributed by atoms with Crippen LogP contribution in [-0.2, 0) is 6.54 Å². The molecule has 1 amide bonds. The Kier molecular flexibility index (Phi) is 4.01. The zero-order valence-electron chi connectivity index (χ0n) is 9.87. The molecule has 6 nitrogen and oxygen atoms in total. The van der Waals surface area contributed by atoms with Crippen molar-refractivity contribution in [1.29, 1.82) is 0 Å². The number of hydrogen-bond donors (Lipinski definition) is 1. The second-order valence-electron chi connectivity index (χ2n) is 4.09. The first-order valence-corrected chi connectivity index (χ1v) is 6.76. The van der Waals surface area contributed by atoms with Crippen LogP contribution < -0.4 is 5.73 Å². The molecule has 0 aromatic carbocycles. The van der Waals surface area contributed by atoms with Crippen molar-refractivity contribution < 1.29 is 4.79 Å². The molecule has 1 aromatic rings. The van der Waals surface area contributed by atoms with Crippen LogP contribution in [0.4, 0.5) is 0 Å². The highest BCUT2D eigenvalue weighted by Gasteiger charge is 2.24. The summed E-state index contributed by atoms with van der Waals surface area (Å²) in [6.45, 7) is 4.79. The number of nitrogens with zero attached hydrogens (tertiary/aromatic N) is 4. The van der Waals surface area contributed by atoms with Crippen LogP contribution in [0.5, 0.6) is 0 Å². The van der Waals surface area contributed by atoms with E-state index in [2.05, 4.69) is 17.2 Å². The quantitative estimate of drug-likeness (QED) is 0.810. The first-order chi connectivity index (χ1) is 8.20. The van der Waals surface area contributed by atoms with Crippen molar-refractivity contribution in [3.63, 3.8) is 0 Å². The number of thioether (sulfide) groups is 1. The van der Waals surface area contributed by atoms with Gasteiger partial charge in [-0.05, 0) is 0 Å². The molecule has 1 unspecified atom stereocenters.